The first-order valence-electron chi connectivity index (χ1n) is 8.52. The summed E-state index contributed by atoms with van der Waals surface area (Å²) in [6.45, 7) is 7.65. The Balaban J connectivity index is 0.00000312. The number of likely N-dealkylation sites (tertiary alicyclic amines) is 1. The lowest BCUT2D eigenvalue weighted by atomic mass is 9.89. The molecule has 1 saturated heterocycles. The smallest absolute Gasteiger partial charge is 0.321 e. The molecule has 0 aliphatic carbocycles. The molecule has 3 amide bonds. The fourth-order valence-electron chi connectivity index (χ4n) is 3.22. The fraction of sp³-hybridized carbons (Fsp3) is 0.556. The molecule has 3 atom stereocenters. The molecular formula is C18H29ClN4O2. The Morgan fingerprint density at radius 1 is 1.20 bits per heavy atom. The van der Waals surface area contributed by atoms with Crippen LogP contribution >= 0.6 is 12.4 Å². The van der Waals surface area contributed by atoms with Crippen molar-refractivity contribution in [1.29, 1.82) is 0 Å². The number of carbonyl (C=O) groups excluding carboxylic acids is 2. The number of nitrogens with one attached hydrogen (secondary N) is 2. The highest BCUT2D eigenvalue weighted by molar-refractivity contribution is 5.96. The average Bonchev–Trinajstić information content (AvgIpc) is 2.98. The Morgan fingerprint density at radius 3 is 2.40 bits per heavy atom. The van der Waals surface area contributed by atoms with Gasteiger partial charge in [-0.15, -0.1) is 12.4 Å². The zero-order chi connectivity index (χ0) is 17.7. The van der Waals surface area contributed by atoms with E-state index in [4.69, 9.17) is 5.73 Å². The van der Waals surface area contributed by atoms with Crippen molar-refractivity contribution in [3.8, 4) is 0 Å². The number of hydrogen-bond donors (Lipinski definition) is 3. The largest absolute Gasteiger partial charge is 0.336 e. The van der Waals surface area contributed by atoms with Crippen LogP contribution in [0.4, 0.5) is 4.79 Å². The molecule has 25 heavy (non-hydrogen) atoms. The van der Waals surface area contributed by atoms with Crippen molar-refractivity contribution in [3.05, 3.63) is 35.9 Å². The van der Waals surface area contributed by atoms with Crippen LogP contribution in [-0.4, -0.2) is 48.6 Å². The van der Waals surface area contributed by atoms with Crippen molar-refractivity contribution in [2.75, 3.05) is 19.6 Å². The van der Waals surface area contributed by atoms with Crippen molar-refractivity contribution in [2.24, 2.45) is 11.7 Å². The highest BCUT2D eigenvalue weighted by atomic mass is 35.5. The van der Waals surface area contributed by atoms with Gasteiger partial charge in [0.2, 0.25) is 5.91 Å². The molecule has 0 bridgehead atoms. The third-order valence-corrected chi connectivity index (χ3v) is 4.58. The lowest BCUT2D eigenvalue weighted by Crippen LogP contribution is -2.50. The predicted octanol–water partition coefficient (Wildman–Crippen LogP) is 1.71. The van der Waals surface area contributed by atoms with Gasteiger partial charge in [-0.1, -0.05) is 30.3 Å². The number of nitrogens with two attached hydrogens (primary N) is 1. The van der Waals surface area contributed by atoms with Gasteiger partial charge >= 0.3 is 6.03 Å². The summed E-state index contributed by atoms with van der Waals surface area (Å²) in [6, 6.07) is 9.44. The van der Waals surface area contributed by atoms with E-state index in [1.165, 1.54) is 5.56 Å². The lowest BCUT2D eigenvalue weighted by Gasteiger charge is -2.23. The van der Waals surface area contributed by atoms with Crippen molar-refractivity contribution < 1.29 is 9.59 Å². The van der Waals surface area contributed by atoms with E-state index in [0.717, 1.165) is 13.1 Å². The Labute approximate surface area is 155 Å². The summed E-state index contributed by atoms with van der Waals surface area (Å²) in [4.78, 5) is 26.1. The van der Waals surface area contributed by atoms with Crippen molar-refractivity contribution in [3.63, 3.8) is 0 Å². The summed E-state index contributed by atoms with van der Waals surface area (Å²) in [7, 11) is 0. The molecule has 1 aliphatic heterocycles. The first kappa shape index (κ1) is 21.4. The summed E-state index contributed by atoms with van der Waals surface area (Å²) in [5.41, 5.74) is 7.19. The van der Waals surface area contributed by atoms with Gasteiger partial charge in [0.15, 0.2) is 0 Å². The van der Waals surface area contributed by atoms with Crippen LogP contribution < -0.4 is 16.4 Å². The molecule has 7 heteroatoms. The van der Waals surface area contributed by atoms with Gasteiger partial charge in [-0.3, -0.25) is 15.0 Å². The zero-order valence-corrected chi connectivity index (χ0v) is 15.9. The minimum atomic E-state index is -0.448. The van der Waals surface area contributed by atoms with E-state index in [0.29, 0.717) is 18.4 Å². The van der Waals surface area contributed by atoms with Gasteiger partial charge in [-0.2, -0.15) is 0 Å². The first-order chi connectivity index (χ1) is 11.4. The second-order valence-electron chi connectivity index (χ2n) is 6.76. The zero-order valence-electron chi connectivity index (χ0n) is 15.1. The molecule has 0 spiro atoms. The number of imide groups is 1. The number of amides is 3. The van der Waals surface area contributed by atoms with Crippen molar-refractivity contribution in [1.82, 2.24) is 15.5 Å². The van der Waals surface area contributed by atoms with Gasteiger partial charge in [0, 0.05) is 25.0 Å². The van der Waals surface area contributed by atoms with Gasteiger partial charge in [0.1, 0.15) is 0 Å². The van der Waals surface area contributed by atoms with E-state index in [9.17, 15) is 9.59 Å². The number of nitrogens with zero attached hydrogens (tertiary/aromatic N) is 1. The summed E-state index contributed by atoms with van der Waals surface area (Å²) in [5, 5.41) is 5.08. The van der Waals surface area contributed by atoms with E-state index >= 15 is 0 Å². The lowest BCUT2D eigenvalue weighted by molar-refractivity contribution is -0.124. The monoisotopic (exact) mass is 368 g/mol. The molecule has 1 fully saturated rings. The maximum Gasteiger partial charge on any atom is 0.321 e. The molecule has 1 aromatic carbocycles. The van der Waals surface area contributed by atoms with Crippen LogP contribution in [0.25, 0.3) is 0 Å². The molecule has 1 aliphatic rings. The Bertz CT molecular complexity index is 567. The topological polar surface area (TPSA) is 87.5 Å². The highest BCUT2D eigenvalue weighted by Crippen LogP contribution is 2.32. The third kappa shape index (κ3) is 5.70. The molecule has 1 heterocycles. The van der Waals surface area contributed by atoms with Gasteiger partial charge < -0.3 is 11.1 Å². The quantitative estimate of drug-likeness (QED) is 0.738. The van der Waals surface area contributed by atoms with Crippen LogP contribution in [0.5, 0.6) is 0 Å². The maximum atomic E-state index is 12.3. The van der Waals surface area contributed by atoms with Crippen LogP contribution in [0.3, 0.4) is 0 Å². The number of halogens is 1. The summed E-state index contributed by atoms with van der Waals surface area (Å²) >= 11 is 0. The molecule has 0 aromatic heterocycles. The van der Waals surface area contributed by atoms with Crippen LogP contribution in [-0.2, 0) is 4.79 Å². The van der Waals surface area contributed by atoms with Gasteiger partial charge in [-0.25, -0.2) is 4.79 Å². The number of benzene rings is 1. The number of urea groups is 1. The fourth-order valence-corrected chi connectivity index (χ4v) is 3.22. The molecule has 2 rings (SSSR count). The van der Waals surface area contributed by atoms with E-state index in [1.54, 1.807) is 0 Å². The molecule has 6 nitrogen and oxygen atoms in total. The van der Waals surface area contributed by atoms with Crippen molar-refractivity contribution in [2.45, 2.75) is 38.8 Å². The van der Waals surface area contributed by atoms with Crippen LogP contribution in [0.2, 0.25) is 0 Å². The minimum absolute atomic E-state index is 0. The van der Waals surface area contributed by atoms with E-state index in [-0.39, 0.29) is 30.4 Å². The standard InChI is InChI=1S/C18H28N4O2.ClH/c1-12(2)20-18(24)21-17(23)13(3)22-10-15(9-19)16(11-22)14-7-5-4-6-8-14;/h4-8,12-13,15-16H,9-11,19H2,1-3H3,(H2,20,21,23,24);1H/t13?,15-,16+;/m1./s1. The van der Waals surface area contributed by atoms with E-state index in [1.807, 2.05) is 39.0 Å². The van der Waals surface area contributed by atoms with Gasteiger partial charge in [0.25, 0.3) is 0 Å². The molecule has 0 radical (unpaired) electrons. The van der Waals surface area contributed by atoms with Crippen LogP contribution in [0, 0.1) is 5.92 Å². The third-order valence-electron chi connectivity index (χ3n) is 4.58. The minimum Gasteiger partial charge on any atom is -0.336 e. The summed E-state index contributed by atoms with van der Waals surface area (Å²) in [6.07, 6.45) is 0. The first-order valence-corrected chi connectivity index (χ1v) is 8.52. The molecule has 1 aromatic rings. The van der Waals surface area contributed by atoms with Crippen molar-refractivity contribution >= 4 is 24.3 Å². The van der Waals surface area contributed by atoms with Crippen LogP contribution in [0.15, 0.2) is 30.3 Å². The Kier molecular flexibility index (Phi) is 8.35. The Morgan fingerprint density at radius 2 is 1.84 bits per heavy atom. The Hall–Kier alpha value is -1.63. The van der Waals surface area contributed by atoms with Gasteiger partial charge in [-0.05, 0) is 38.8 Å². The molecule has 4 N–H and O–H groups in total. The SMILES string of the molecule is CC(C)NC(=O)NC(=O)C(C)N1C[C@@H](CN)[C@H](c2ccccc2)C1.Cl. The number of hydrogen-bond acceptors (Lipinski definition) is 4. The molecular weight excluding hydrogens is 340 g/mol. The molecule has 1 unspecified atom stereocenters. The van der Waals surface area contributed by atoms with E-state index in [2.05, 4.69) is 27.7 Å². The number of rotatable bonds is 5. The summed E-state index contributed by atoms with van der Waals surface area (Å²) < 4.78 is 0. The van der Waals surface area contributed by atoms with Crippen LogP contribution in [0.1, 0.15) is 32.3 Å². The normalized spacial score (nSPS) is 21.5. The molecule has 0 saturated carbocycles. The highest BCUT2D eigenvalue weighted by Gasteiger charge is 2.37. The molecule has 140 valence electrons. The maximum absolute atomic E-state index is 12.3. The van der Waals surface area contributed by atoms with E-state index < -0.39 is 6.03 Å². The number of carbonyl (C=O) groups is 2. The van der Waals surface area contributed by atoms with Gasteiger partial charge in [0.05, 0.1) is 6.04 Å². The second kappa shape index (κ2) is 9.75. The summed E-state index contributed by atoms with van der Waals surface area (Å²) in [5.74, 6) is 0.348. The second-order valence-corrected chi connectivity index (χ2v) is 6.76. The predicted molar refractivity (Wildman–Crippen MR) is 102 cm³/mol. The average molecular weight is 369 g/mol.